The van der Waals surface area contributed by atoms with Crippen LogP contribution in [-0.2, 0) is 10.0 Å². The minimum absolute atomic E-state index is 0. The highest BCUT2D eigenvalue weighted by atomic mass is 35.5. The number of sulfonamides is 1. The van der Waals surface area contributed by atoms with Crippen molar-refractivity contribution < 1.29 is 13.2 Å². The first-order chi connectivity index (χ1) is 10.4. The molecule has 0 spiro atoms. The lowest BCUT2D eigenvalue weighted by Crippen LogP contribution is -2.47. The monoisotopic (exact) mass is 400 g/mol. The fourth-order valence-corrected chi connectivity index (χ4v) is 5.42. The van der Waals surface area contributed by atoms with E-state index in [0.29, 0.717) is 17.8 Å². The maximum Gasteiger partial charge on any atom is 0.242 e. The van der Waals surface area contributed by atoms with Crippen molar-refractivity contribution in [3.05, 3.63) is 22.2 Å². The van der Waals surface area contributed by atoms with Crippen molar-refractivity contribution in [2.45, 2.75) is 48.7 Å². The largest absolute Gasteiger partial charge is 0.495 e. The number of hydrogen-bond acceptors (Lipinski definition) is 4. The van der Waals surface area contributed by atoms with Crippen molar-refractivity contribution in [1.29, 1.82) is 0 Å². The molecule has 2 unspecified atom stereocenters. The first kappa shape index (κ1) is 19.1. The van der Waals surface area contributed by atoms with E-state index in [1.807, 2.05) is 0 Å². The lowest BCUT2D eigenvalue weighted by molar-refractivity contribution is 0.345. The van der Waals surface area contributed by atoms with Crippen molar-refractivity contribution in [1.82, 2.24) is 10.0 Å². The maximum atomic E-state index is 12.6. The van der Waals surface area contributed by atoms with Crippen molar-refractivity contribution >= 4 is 45.6 Å². The Hall–Kier alpha value is -0.240. The highest BCUT2D eigenvalue weighted by molar-refractivity contribution is 7.89. The summed E-state index contributed by atoms with van der Waals surface area (Å²) in [5.41, 5.74) is 0. The molecule has 0 amide bonds. The maximum absolute atomic E-state index is 12.6. The van der Waals surface area contributed by atoms with Crippen molar-refractivity contribution in [2.24, 2.45) is 0 Å². The summed E-state index contributed by atoms with van der Waals surface area (Å²) in [4.78, 5) is -0.00848. The summed E-state index contributed by atoms with van der Waals surface area (Å²) in [6.45, 7) is 0. The lowest BCUT2D eigenvalue weighted by atomic mass is 10.0. The third kappa shape index (κ3) is 4.06. The molecule has 2 fully saturated rings. The third-order valence-corrected chi connectivity index (χ3v) is 6.57. The minimum atomic E-state index is -3.71. The number of piperidine rings is 1. The quantitative estimate of drug-likeness (QED) is 0.814. The molecule has 2 N–H and O–H groups in total. The Kier molecular flexibility index (Phi) is 6.09. The molecule has 3 rings (SSSR count). The number of ether oxygens (including phenoxy) is 1. The van der Waals surface area contributed by atoms with Crippen LogP contribution >= 0.6 is 35.6 Å². The Morgan fingerprint density at radius 1 is 1.17 bits per heavy atom. The number of methoxy groups -OCH3 is 1. The van der Waals surface area contributed by atoms with Crippen LogP contribution in [0, 0.1) is 0 Å². The predicted octanol–water partition coefficient (Wildman–Crippen LogP) is 2.99. The smallest absolute Gasteiger partial charge is 0.242 e. The normalized spacial score (nSPS) is 26.7. The first-order valence-corrected chi connectivity index (χ1v) is 9.44. The first-order valence-electron chi connectivity index (χ1n) is 7.20. The average Bonchev–Trinajstić information content (AvgIpc) is 2.79. The van der Waals surface area contributed by atoms with E-state index in [9.17, 15) is 8.42 Å². The van der Waals surface area contributed by atoms with E-state index in [2.05, 4.69) is 10.0 Å². The Labute approximate surface area is 152 Å². The van der Waals surface area contributed by atoms with Crippen LogP contribution in [0.5, 0.6) is 5.75 Å². The van der Waals surface area contributed by atoms with Gasteiger partial charge in [0.25, 0.3) is 0 Å². The van der Waals surface area contributed by atoms with Crippen LogP contribution in [0.1, 0.15) is 25.7 Å². The number of benzene rings is 1. The van der Waals surface area contributed by atoms with Gasteiger partial charge in [-0.1, -0.05) is 23.2 Å². The zero-order chi connectivity index (χ0) is 15.9. The molecule has 1 aromatic rings. The second-order valence-electron chi connectivity index (χ2n) is 5.84. The highest BCUT2D eigenvalue weighted by Crippen LogP contribution is 2.34. The number of nitrogens with one attached hydrogen (secondary N) is 2. The molecular weight excluding hydrogens is 383 g/mol. The van der Waals surface area contributed by atoms with Gasteiger partial charge in [-0.05, 0) is 31.7 Å². The summed E-state index contributed by atoms with van der Waals surface area (Å²) in [7, 11) is -2.25. The van der Waals surface area contributed by atoms with Crippen LogP contribution in [0.15, 0.2) is 17.0 Å². The van der Waals surface area contributed by atoms with E-state index in [1.165, 1.54) is 19.2 Å². The van der Waals surface area contributed by atoms with Gasteiger partial charge in [0.05, 0.1) is 17.2 Å². The molecule has 0 radical (unpaired) electrons. The van der Waals surface area contributed by atoms with Gasteiger partial charge in [0.1, 0.15) is 10.6 Å². The topological polar surface area (TPSA) is 67.4 Å². The molecule has 2 heterocycles. The van der Waals surface area contributed by atoms with Crippen LogP contribution in [0.3, 0.4) is 0 Å². The zero-order valence-corrected chi connectivity index (χ0v) is 15.7. The lowest BCUT2D eigenvalue weighted by Gasteiger charge is -2.29. The van der Waals surface area contributed by atoms with E-state index in [-0.39, 0.29) is 33.4 Å². The van der Waals surface area contributed by atoms with Gasteiger partial charge in [0.15, 0.2) is 0 Å². The van der Waals surface area contributed by atoms with Gasteiger partial charge in [-0.2, -0.15) is 0 Å². The number of fused-ring (bicyclic) bond motifs is 2. The fraction of sp³-hybridized carbons (Fsp3) is 0.571. The SMILES string of the molecule is COc1cc(Cl)c(S(=O)(=O)NC2CC3CCC(C2)N3)cc1Cl.Cl. The van der Waals surface area contributed by atoms with Crippen molar-refractivity contribution in [3.8, 4) is 5.75 Å². The molecule has 5 nitrogen and oxygen atoms in total. The molecule has 2 aliphatic rings. The van der Waals surface area contributed by atoms with Crippen LogP contribution in [0.25, 0.3) is 0 Å². The summed E-state index contributed by atoms with van der Waals surface area (Å²) in [6.07, 6.45) is 3.82. The summed E-state index contributed by atoms with van der Waals surface area (Å²) in [5, 5.41) is 3.81. The van der Waals surface area contributed by atoms with E-state index in [4.69, 9.17) is 27.9 Å². The number of rotatable bonds is 4. The third-order valence-electron chi connectivity index (χ3n) is 4.29. The van der Waals surface area contributed by atoms with Crippen LogP contribution < -0.4 is 14.8 Å². The molecule has 130 valence electrons. The molecule has 1 aromatic carbocycles. The molecule has 9 heteroatoms. The van der Waals surface area contributed by atoms with Gasteiger partial charge < -0.3 is 10.1 Å². The van der Waals surface area contributed by atoms with Crippen LogP contribution in [-0.4, -0.2) is 33.7 Å². The molecule has 2 aliphatic heterocycles. The van der Waals surface area contributed by atoms with Crippen molar-refractivity contribution in [3.63, 3.8) is 0 Å². The molecular formula is C14H19Cl3N2O3S. The van der Waals surface area contributed by atoms with Crippen molar-refractivity contribution in [2.75, 3.05) is 7.11 Å². The van der Waals surface area contributed by atoms with E-state index < -0.39 is 10.0 Å². The minimum Gasteiger partial charge on any atom is -0.495 e. The molecule has 0 saturated carbocycles. The van der Waals surface area contributed by atoms with E-state index in [0.717, 1.165) is 25.7 Å². The Morgan fingerprint density at radius 2 is 1.78 bits per heavy atom. The van der Waals surface area contributed by atoms with Gasteiger partial charge in [0.2, 0.25) is 10.0 Å². The average molecular weight is 402 g/mol. The predicted molar refractivity (Wildman–Crippen MR) is 93.6 cm³/mol. The standard InChI is InChI=1S/C14H18Cl2N2O3S.ClH/c1-21-13-6-12(16)14(7-11(13)15)22(19,20)18-10-4-8-2-3-9(5-10)17-8;/h6-10,17-18H,2-5H2,1H3;1H. The van der Waals surface area contributed by atoms with Gasteiger partial charge >= 0.3 is 0 Å². The summed E-state index contributed by atoms with van der Waals surface area (Å²) >= 11 is 12.1. The van der Waals surface area contributed by atoms with E-state index >= 15 is 0 Å². The van der Waals surface area contributed by atoms with Gasteiger partial charge in [-0.15, -0.1) is 12.4 Å². The highest BCUT2D eigenvalue weighted by Gasteiger charge is 2.35. The second kappa shape index (κ2) is 7.33. The number of hydrogen-bond donors (Lipinski definition) is 2. The molecule has 2 bridgehead atoms. The van der Waals surface area contributed by atoms with Crippen LogP contribution in [0.2, 0.25) is 10.0 Å². The number of halogens is 3. The summed E-state index contributed by atoms with van der Waals surface area (Å²) in [6, 6.07) is 3.49. The van der Waals surface area contributed by atoms with Gasteiger partial charge in [0, 0.05) is 24.2 Å². The molecule has 0 aromatic heterocycles. The van der Waals surface area contributed by atoms with Gasteiger partial charge in [-0.3, -0.25) is 0 Å². The molecule has 23 heavy (non-hydrogen) atoms. The van der Waals surface area contributed by atoms with Gasteiger partial charge in [-0.25, -0.2) is 13.1 Å². The zero-order valence-electron chi connectivity index (χ0n) is 12.5. The Bertz CT molecular complexity index is 672. The van der Waals surface area contributed by atoms with E-state index in [1.54, 1.807) is 0 Å². The Morgan fingerprint density at radius 3 is 2.35 bits per heavy atom. The molecule has 2 saturated heterocycles. The molecule has 2 atom stereocenters. The summed E-state index contributed by atoms with van der Waals surface area (Å²) in [5.74, 6) is 0.352. The second-order valence-corrected chi connectivity index (χ2v) is 8.34. The molecule has 0 aliphatic carbocycles. The van der Waals surface area contributed by atoms with Crippen LogP contribution in [0.4, 0.5) is 0 Å². The summed E-state index contributed by atoms with van der Waals surface area (Å²) < 4.78 is 33.0. The fourth-order valence-electron chi connectivity index (χ4n) is 3.31. The Balaban J connectivity index is 0.00000192.